The largest absolute Gasteiger partial charge is 0.502 e. The molecular weight excluding hydrogens is 376 g/mol. The van der Waals surface area contributed by atoms with Gasteiger partial charge in [0.05, 0.1) is 12.6 Å². The Morgan fingerprint density at radius 3 is 2.62 bits per heavy atom. The second-order valence-corrected chi connectivity index (χ2v) is 6.88. The lowest BCUT2D eigenvalue weighted by Gasteiger charge is -2.37. The maximum Gasteiger partial charge on any atom is 0.277 e. The van der Waals surface area contributed by atoms with E-state index in [4.69, 9.17) is 4.74 Å². The predicted octanol–water partition coefficient (Wildman–Crippen LogP) is 0.672. The summed E-state index contributed by atoms with van der Waals surface area (Å²) in [6.45, 7) is 2.65. The Morgan fingerprint density at radius 2 is 1.97 bits per heavy atom. The highest BCUT2D eigenvalue weighted by molar-refractivity contribution is 5.99. The first-order valence-corrected chi connectivity index (χ1v) is 9.19. The van der Waals surface area contributed by atoms with E-state index in [0.29, 0.717) is 13.2 Å². The predicted molar refractivity (Wildman–Crippen MR) is 107 cm³/mol. The van der Waals surface area contributed by atoms with Gasteiger partial charge in [0.25, 0.3) is 11.8 Å². The molecule has 1 aromatic heterocycles. The fourth-order valence-corrected chi connectivity index (χ4v) is 3.22. The molecule has 9 nitrogen and oxygen atoms in total. The molecule has 9 heteroatoms. The number of carbonyl (C=O) groups is 2. The third-order valence-corrected chi connectivity index (χ3v) is 4.85. The van der Waals surface area contributed by atoms with Gasteiger partial charge in [0.15, 0.2) is 11.4 Å². The van der Waals surface area contributed by atoms with E-state index in [1.54, 1.807) is 19.0 Å². The van der Waals surface area contributed by atoms with Gasteiger partial charge in [-0.05, 0) is 12.5 Å². The number of nitrogens with zero attached hydrogens (tertiary/aromatic N) is 3. The van der Waals surface area contributed by atoms with Crippen LogP contribution in [0.2, 0.25) is 0 Å². The summed E-state index contributed by atoms with van der Waals surface area (Å²) < 4.78 is 6.34. The second-order valence-electron chi connectivity index (χ2n) is 6.88. The Morgan fingerprint density at radius 1 is 1.28 bits per heavy atom. The minimum Gasteiger partial charge on any atom is -0.502 e. The van der Waals surface area contributed by atoms with E-state index < -0.39 is 23.0 Å². The lowest BCUT2D eigenvalue weighted by molar-refractivity contribution is 0.0628. The first kappa shape index (κ1) is 20.4. The van der Waals surface area contributed by atoms with Crippen molar-refractivity contribution in [3.05, 3.63) is 63.6 Å². The minimum atomic E-state index is -0.885. The molecule has 29 heavy (non-hydrogen) atoms. The van der Waals surface area contributed by atoms with E-state index in [9.17, 15) is 19.5 Å². The molecule has 0 saturated carbocycles. The van der Waals surface area contributed by atoms with E-state index in [0.717, 1.165) is 5.56 Å². The summed E-state index contributed by atoms with van der Waals surface area (Å²) >= 11 is 0. The first-order valence-electron chi connectivity index (χ1n) is 9.19. The zero-order valence-electron chi connectivity index (χ0n) is 16.6. The Kier molecular flexibility index (Phi) is 5.88. The van der Waals surface area contributed by atoms with Crippen molar-refractivity contribution < 1.29 is 19.4 Å². The highest BCUT2D eigenvalue weighted by Gasteiger charge is 2.33. The number of hydrogen-bond acceptors (Lipinski definition) is 6. The quantitative estimate of drug-likeness (QED) is 0.739. The summed E-state index contributed by atoms with van der Waals surface area (Å²) in [4.78, 5) is 39.5. The van der Waals surface area contributed by atoms with Gasteiger partial charge in [-0.2, -0.15) is 0 Å². The summed E-state index contributed by atoms with van der Waals surface area (Å²) in [6, 6.07) is 8.97. The smallest absolute Gasteiger partial charge is 0.277 e. The van der Waals surface area contributed by atoms with Gasteiger partial charge in [-0.3, -0.25) is 24.1 Å². The number of benzene rings is 1. The number of amides is 2. The van der Waals surface area contributed by atoms with Gasteiger partial charge in [-0.25, -0.2) is 0 Å². The lowest BCUT2D eigenvalue weighted by Crippen LogP contribution is -2.53. The molecule has 1 aliphatic heterocycles. The van der Waals surface area contributed by atoms with Gasteiger partial charge in [0, 0.05) is 26.9 Å². The number of carbonyl (C=O) groups excluding carboxylic acids is 2. The van der Waals surface area contributed by atoms with Crippen LogP contribution < -0.4 is 15.8 Å². The van der Waals surface area contributed by atoms with Crippen LogP contribution in [-0.2, 0) is 4.74 Å². The number of aromatic hydroxyl groups is 1. The van der Waals surface area contributed by atoms with Crippen molar-refractivity contribution in [2.45, 2.75) is 13.0 Å². The molecule has 3 rings (SSSR count). The molecule has 1 aromatic carbocycles. The Balaban J connectivity index is 1.92. The molecule has 154 valence electrons. The third-order valence-electron chi connectivity index (χ3n) is 4.85. The van der Waals surface area contributed by atoms with Crippen LogP contribution in [0.25, 0.3) is 0 Å². The minimum absolute atomic E-state index is 0.174. The number of hydrogen-bond donors (Lipinski definition) is 2. The number of rotatable bonds is 6. The molecule has 1 atom stereocenters. The molecule has 0 spiro atoms. The summed E-state index contributed by atoms with van der Waals surface area (Å²) in [5.41, 5.74) is -0.417. The zero-order valence-corrected chi connectivity index (χ0v) is 16.6. The summed E-state index contributed by atoms with van der Waals surface area (Å²) in [5.74, 6) is -1.87. The Labute approximate surface area is 168 Å². The van der Waals surface area contributed by atoms with Gasteiger partial charge in [0.1, 0.15) is 12.2 Å². The van der Waals surface area contributed by atoms with E-state index in [2.05, 4.69) is 5.32 Å². The highest BCUT2D eigenvalue weighted by atomic mass is 16.5. The van der Waals surface area contributed by atoms with Crippen molar-refractivity contribution in [2.24, 2.45) is 0 Å². The fraction of sp³-hybridized carbons (Fsp3) is 0.350. The number of pyridine rings is 1. The van der Waals surface area contributed by atoms with Gasteiger partial charge in [-0.1, -0.05) is 30.3 Å². The highest BCUT2D eigenvalue weighted by Crippen LogP contribution is 2.21. The lowest BCUT2D eigenvalue weighted by atomic mass is 10.1. The Bertz CT molecular complexity index is 973. The number of ether oxygens (including phenoxy) is 1. The molecule has 0 saturated heterocycles. The zero-order chi connectivity index (χ0) is 21.1. The summed E-state index contributed by atoms with van der Waals surface area (Å²) in [7, 11) is 3.21. The number of aromatic nitrogens is 1. The fourth-order valence-electron chi connectivity index (χ4n) is 3.22. The summed E-state index contributed by atoms with van der Waals surface area (Å²) in [6.07, 6.45) is 1.29. The molecule has 0 radical (unpaired) electrons. The van der Waals surface area contributed by atoms with E-state index >= 15 is 0 Å². The molecule has 2 aromatic rings. The first-order chi connectivity index (χ1) is 13.8. The van der Waals surface area contributed by atoms with Crippen molar-refractivity contribution >= 4 is 11.8 Å². The Hall–Kier alpha value is -3.33. The summed E-state index contributed by atoms with van der Waals surface area (Å²) in [5, 5.41) is 14.8. The van der Waals surface area contributed by atoms with Crippen LogP contribution in [0, 0.1) is 0 Å². The molecule has 0 unspecified atom stereocenters. The van der Waals surface area contributed by atoms with Crippen molar-refractivity contribution in [3.8, 4) is 5.75 Å². The van der Waals surface area contributed by atoms with E-state index in [1.165, 1.54) is 22.9 Å². The van der Waals surface area contributed by atoms with Gasteiger partial charge < -0.3 is 20.1 Å². The van der Waals surface area contributed by atoms with E-state index in [1.807, 2.05) is 30.3 Å². The van der Waals surface area contributed by atoms with Crippen LogP contribution in [0.3, 0.4) is 0 Å². The molecular formula is C20H24N4O5. The molecule has 2 heterocycles. The average Bonchev–Trinajstić information content (AvgIpc) is 2.72. The normalized spacial score (nSPS) is 14.5. The van der Waals surface area contributed by atoms with Crippen LogP contribution in [0.5, 0.6) is 5.75 Å². The number of nitrogens with one attached hydrogen (secondary N) is 1. The monoisotopic (exact) mass is 400 g/mol. The number of methoxy groups -OCH3 is 1. The SMILES string of the molecule is COCCN1CN(C)n2cc(C(=O)N[C@@H](C)c3ccccc3)c(=O)c(O)c2C1=O. The van der Waals surface area contributed by atoms with Crippen molar-refractivity contribution in [1.29, 1.82) is 0 Å². The van der Waals surface area contributed by atoms with Gasteiger partial charge >= 0.3 is 0 Å². The van der Waals surface area contributed by atoms with Crippen molar-refractivity contribution in [1.82, 2.24) is 14.9 Å². The number of fused-ring (bicyclic) bond motifs is 1. The van der Waals surface area contributed by atoms with Crippen LogP contribution in [0.15, 0.2) is 41.3 Å². The van der Waals surface area contributed by atoms with Gasteiger partial charge in [0.2, 0.25) is 5.43 Å². The maximum absolute atomic E-state index is 12.7. The van der Waals surface area contributed by atoms with Crippen LogP contribution in [0.1, 0.15) is 39.4 Å². The van der Waals surface area contributed by atoms with Crippen LogP contribution in [-0.4, -0.2) is 60.5 Å². The topological polar surface area (TPSA) is 104 Å². The third kappa shape index (κ3) is 3.95. The van der Waals surface area contributed by atoms with E-state index in [-0.39, 0.29) is 24.0 Å². The molecule has 0 aliphatic carbocycles. The molecule has 0 fully saturated rings. The average molecular weight is 400 g/mol. The molecule has 0 bridgehead atoms. The molecule has 2 amide bonds. The van der Waals surface area contributed by atoms with Crippen molar-refractivity contribution in [2.75, 3.05) is 39.0 Å². The molecule has 1 aliphatic rings. The van der Waals surface area contributed by atoms with Crippen LogP contribution in [0.4, 0.5) is 0 Å². The van der Waals surface area contributed by atoms with Gasteiger partial charge in [-0.15, -0.1) is 0 Å². The molecule has 2 N–H and O–H groups in total. The maximum atomic E-state index is 12.7. The van der Waals surface area contributed by atoms with Crippen molar-refractivity contribution in [3.63, 3.8) is 0 Å². The van der Waals surface area contributed by atoms with Crippen LogP contribution >= 0.6 is 0 Å². The standard InChI is InChI=1S/C20H24N4O5/c1-13(14-7-5-4-6-8-14)21-19(27)15-11-24-16(18(26)17(15)25)20(28)23(9-10-29-3)12-22(24)2/h4-8,11,13,26H,9-10,12H2,1-3H3,(H,21,27)/t13-/m0/s1. The second kappa shape index (κ2) is 8.36.